The fourth-order valence-corrected chi connectivity index (χ4v) is 4.30. The minimum atomic E-state index is -3.75. The summed E-state index contributed by atoms with van der Waals surface area (Å²) in [7, 11) is -2.20. The van der Waals surface area contributed by atoms with Crippen LogP contribution in [0.3, 0.4) is 0 Å². The van der Waals surface area contributed by atoms with Crippen LogP contribution in [0.2, 0.25) is 0 Å². The third kappa shape index (κ3) is 7.21. The third-order valence-electron chi connectivity index (χ3n) is 5.15. The number of ether oxygens (including phenoxy) is 1. The number of nitrogens with zero attached hydrogens (tertiary/aromatic N) is 2. The summed E-state index contributed by atoms with van der Waals surface area (Å²) in [6, 6.07) is 13.2. The number of hydrogen-bond donors (Lipinski definition) is 1. The van der Waals surface area contributed by atoms with Crippen LogP contribution in [0.4, 0.5) is 5.69 Å². The Morgan fingerprint density at radius 1 is 1.06 bits per heavy atom. The molecule has 2 aromatic carbocycles. The summed E-state index contributed by atoms with van der Waals surface area (Å²) in [5.41, 5.74) is 1.91. The Labute approximate surface area is 196 Å². The van der Waals surface area contributed by atoms with E-state index in [2.05, 4.69) is 5.32 Å². The molecule has 1 atom stereocenters. The van der Waals surface area contributed by atoms with Gasteiger partial charge in [-0.3, -0.25) is 13.9 Å². The summed E-state index contributed by atoms with van der Waals surface area (Å²) in [5.74, 6) is -0.183. The van der Waals surface area contributed by atoms with E-state index in [-0.39, 0.29) is 18.5 Å². The molecule has 1 N–H and O–H groups in total. The van der Waals surface area contributed by atoms with Gasteiger partial charge in [0.15, 0.2) is 0 Å². The number of nitrogens with one attached hydrogen (secondary N) is 1. The maximum atomic E-state index is 13.5. The number of amides is 2. The van der Waals surface area contributed by atoms with Crippen molar-refractivity contribution < 1.29 is 22.7 Å². The number of carbonyl (C=O) groups excluding carboxylic acids is 2. The Morgan fingerprint density at radius 3 is 2.30 bits per heavy atom. The molecule has 0 radical (unpaired) electrons. The molecule has 0 bridgehead atoms. The highest BCUT2D eigenvalue weighted by molar-refractivity contribution is 7.92. The number of anilines is 1. The molecule has 8 nitrogen and oxygen atoms in total. The standard InChI is InChI=1S/C24H33N3O5S/c1-17(2)25-24(29)19(4)26(15-20-11-9-12-21(14-20)32-5)23(28)16-27(33(6,30)31)22-13-8-7-10-18(22)3/h7-14,17,19H,15-16H2,1-6H3,(H,25,29)/t19-/m0/s1. The molecule has 0 aromatic heterocycles. The summed E-state index contributed by atoms with van der Waals surface area (Å²) in [6.07, 6.45) is 1.06. The summed E-state index contributed by atoms with van der Waals surface area (Å²) in [4.78, 5) is 27.6. The van der Waals surface area contributed by atoms with Crippen LogP contribution in [0.25, 0.3) is 0 Å². The average molecular weight is 476 g/mol. The summed E-state index contributed by atoms with van der Waals surface area (Å²) in [6.45, 7) is 6.78. The highest BCUT2D eigenvalue weighted by Gasteiger charge is 2.30. The fraction of sp³-hybridized carbons (Fsp3) is 0.417. The van der Waals surface area contributed by atoms with Crippen molar-refractivity contribution in [2.45, 2.75) is 46.3 Å². The lowest BCUT2D eigenvalue weighted by molar-refractivity contribution is -0.139. The molecule has 0 saturated carbocycles. The Balaban J connectivity index is 2.42. The molecular weight excluding hydrogens is 442 g/mol. The molecule has 2 aromatic rings. The van der Waals surface area contributed by atoms with Crippen LogP contribution >= 0.6 is 0 Å². The second-order valence-corrected chi connectivity index (χ2v) is 10.2. The Morgan fingerprint density at radius 2 is 1.73 bits per heavy atom. The Hall–Kier alpha value is -3.07. The van der Waals surface area contributed by atoms with Gasteiger partial charge in [0.25, 0.3) is 0 Å². The van der Waals surface area contributed by atoms with Gasteiger partial charge in [0, 0.05) is 12.6 Å². The second kappa shape index (κ2) is 11.2. The van der Waals surface area contributed by atoms with Gasteiger partial charge in [-0.25, -0.2) is 8.42 Å². The Bertz CT molecular complexity index is 1090. The monoisotopic (exact) mass is 475 g/mol. The highest BCUT2D eigenvalue weighted by Crippen LogP contribution is 2.23. The zero-order valence-corrected chi connectivity index (χ0v) is 20.8. The summed E-state index contributed by atoms with van der Waals surface area (Å²) in [5, 5.41) is 2.82. The molecule has 0 spiro atoms. The first-order chi connectivity index (χ1) is 15.4. The van der Waals surface area contributed by atoms with Crippen molar-refractivity contribution in [3.63, 3.8) is 0 Å². The van der Waals surface area contributed by atoms with Gasteiger partial charge in [-0.15, -0.1) is 0 Å². The van der Waals surface area contributed by atoms with Crippen molar-refractivity contribution >= 4 is 27.5 Å². The number of methoxy groups -OCH3 is 1. The smallest absolute Gasteiger partial charge is 0.244 e. The number of para-hydroxylation sites is 1. The van der Waals surface area contributed by atoms with Crippen LogP contribution in [0, 0.1) is 6.92 Å². The lowest BCUT2D eigenvalue weighted by Gasteiger charge is -2.32. The minimum Gasteiger partial charge on any atom is -0.497 e. The molecule has 0 aliphatic rings. The molecule has 2 amide bonds. The molecule has 0 unspecified atom stereocenters. The van der Waals surface area contributed by atoms with Crippen LogP contribution < -0.4 is 14.4 Å². The van der Waals surface area contributed by atoms with Gasteiger partial charge < -0.3 is 15.0 Å². The van der Waals surface area contributed by atoms with Gasteiger partial charge in [0.1, 0.15) is 18.3 Å². The molecule has 0 saturated heterocycles. The topological polar surface area (TPSA) is 96.0 Å². The molecule has 0 heterocycles. The molecule has 0 aliphatic carbocycles. The van der Waals surface area contributed by atoms with Gasteiger partial charge in [0.05, 0.1) is 19.1 Å². The van der Waals surface area contributed by atoms with Crippen molar-refractivity contribution in [1.82, 2.24) is 10.2 Å². The first-order valence-electron chi connectivity index (χ1n) is 10.7. The van der Waals surface area contributed by atoms with Crippen LogP contribution in [0.5, 0.6) is 5.75 Å². The number of benzene rings is 2. The van der Waals surface area contributed by atoms with Gasteiger partial charge in [-0.1, -0.05) is 30.3 Å². The minimum absolute atomic E-state index is 0.104. The van der Waals surface area contributed by atoms with Crippen LogP contribution in [-0.2, 0) is 26.2 Å². The normalized spacial score (nSPS) is 12.2. The molecule has 0 aliphatic heterocycles. The third-order valence-corrected chi connectivity index (χ3v) is 6.28. The van der Waals surface area contributed by atoms with Gasteiger partial charge in [0.2, 0.25) is 21.8 Å². The van der Waals surface area contributed by atoms with Crippen LogP contribution in [0.15, 0.2) is 48.5 Å². The average Bonchev–Trinajstić information content (AvgIpc) is 2.74. The number of carbonyl (C=O) groups is 2. The molecule has 2 rings (SSSR count). The molecule has 33 heavy (non-hydrogen) atoms. The number of hydrogen-bond acceptors (Lipinski definition) is 5. The molecular formula is C24H33N3O5S. The van der Waals surface area contributed by atoms with Crippen molar-refractivity contribution in [2.75, 3.05) is 24.2 Å². The maximum absolute atomic E-state index is 13.5. The zero-order valence-electron chi connectivity index (χ0n) is 20.0. The van der Waals surface area contributed by atoms with Gasteiger partial charge >= 0.3 is 0 Å². The van der Waals surface area contributed by atoms with E-state index >= 15 is 0 Å². The van der Waals surface area contributed by atoms with Crippen molar-refractivity contribution in [2.24, 2.45) is 0 Å². The SMILES string of the molecule is COc1cccc(CN(C(=O)CN(c2ccccc2C)S(C)(=O)=O)[C@@H](C)C(=O)NC(C)C)c1. The van der Waals surface area contributed by atoms with E-state index in [9.17, 15) is 18.0 Å². The molecule has 0 fully saturated rings. The van der Waals surface area contributed by atoms with E-state index in [1.165, 1.54) is 4.90 Å². The zero-order chi connectivity index (χ0) is 24.8. The molecule has 180 valence electrons. The lowest BCUT2D eigenvalue weighted by Crippen LogP contribution is -2.52. The van der Waals surface area contributed by atoms with Crippen molar-refractivity contribution in [3.05, 3.63) is 59.7 Å². The number of aryl methyl sites for hydroxylation is 1. The summed E-state index contributed by atoms with van der Waals surface area (Å²) >= 11 is 0. The lowest BCUT2D eigenvalue weighted by atomic mass is 10.1. The first-order valence-corrected chi connectivity index (χ1v) is 12.5. The number of sulfonamides is 1. The largest absolute Gasteiger partial charge is 0.497 e. The van der Waals surface area contributed by atoms with E-state index in [1.54, 1.807) is 63.4 Å². The highest BCUT2D eigenvalue weighted by atomic mass is 32.2. The van der Waals surface area contributed by atoms with Crippen molar-refractivity contribution in [1.29, 1.82) is 0 Å². The van der Waals surface area contributed by atoms with E-state index in [0.717, 1.165) is 21.7 Å². The predicted octanol–water partition coefficient (Wildman–Crippen LogP) is 2.71. The van der Waals surface area contributed by atoms with Gasteiger partial charge in [-0.2, -0.15) is 0 Å². The fourth-order valence-electron chi connectivity index (χ4n) is 3.39. The summed E-state index contributed by atoms with van der Waals surface area (Å²) < 4.78 is 31.5. The molecule has 9 heteroatoms. The second-order valence-electron chi connectivity index (χ2n) is 8.27. The van der Waals surface area contributed by atoms with Crippen LogP contribution in [-0.4, -0.2) is 57.1 Å². The first kappa shape index (κ1) is 26.2. The maximum Gasteiger partial charge on any atom is 0.244 e. The van der Waals surface area contributed by atoms with Gasteiger partial charge in [-0.05, 0) is 57.0 Å². The van der Waals surface area contributed by atoms with E-state index < -0.39 is 28.5 Å². The van der Waals surface area contributed by atoms with Crippen LogP contribution in [0.1, 0.15) is 31.9 Å². The van der Waals surface area contributed by atoms with E-state index in [4.69, 9.17) is 4.74 Å². The quantitative estimate of drug-likeness (QED) is 0.570. The Kier molecular flexibility index (Phi) is 8.87. The van der Waals surface area contributed by atoms with E-state index in [0.29, 0.717) is 11.4 Å². The van der Waals surface area contributed by atoms with Crippen molar-refractivity contribution in [3.8, 4) is 5.75 Å². The predicted molar refractivity (Wildman–Crippen MR) is 130 cm³/mol. The van der Waals surface area contributed by atoms with E-state index in [1.807, 2.05) is 19.9 Å². The number of rotatable bonds is 10.